The lowest BCUT2D eigenvalue weighted by Gasteiger charge is -2.14. The second kappa shape index (κ2) is 7.36. The molecule has 0 aliphatic carbocycles. The van der Waals surface area contributed by atoms with Crippen molar-refractivity contribution < 1.29 is 9.15 Å². The third kappa shape index (κ3) is 4.06. The lowest BCUT2D eigenvalue weighted by molar-refractivity contribution is 0.243. The molecule has 5 nitrogen and oxygen atoms in total. The summed E-state index contributed by atoms with van der Waals surface area (Å²) in [5, 5.41) is 12.1. The predicted molar refractivity (Wildman–Crippen MR) is 94.3 cm³/mol. The number of benzene rings is 2. The smallest absolute Gasteiger partial charge is 0.247 e. The van der Waals surface area contributed by atoms with Crippen LogP contribution in [0.2, 0.25) is 5.02 Å². The van der Waals surface area contributed by atoms with E-state index in [4.69, 9.17) is 20.8 Å². The van der Waals surface area contributed by atoms with E-state index >= 15 is 0 Å². The third-order valence-electron chi connectivity index (χ3n) is 3.24. The number of hydrogen-bond acceptors (Lipinski definition) is 5. The molecular formula is C18H18ClN3O2. The van der Waals surface area contributed by atoms with Crippen molar-refractivity contribution in [1.29, 1.82) is 0 Å². The minimum Gasteiger partial charge on any atom is -0.489 e. The largest absolute Gasteiger partial charge is 0.489 e. The van der Waals surface area contributed by atoms with Crippen LogP contribution in [0.3, 0.4) is 0 Å². The van der Waals surface area contributed by atoms with E-state index in [9.17, 15) is 0 Å². The Kier molecular flexibility index (Phi) is 5.01. The average Bonchev–Trinajstić information content (AvgIpc) is 3.03. The van der Waals surface area contributed by atoms with Gasteiger partial charge in [0.15, 0.2) is 0 Å². The molecule has 0 bridgehead atoms. The number of nitrogens with one attached hydrogen (secondary N) is 1. The van der Waals surface area contributed by atoms with Crippen LogP contribution in [0.1, 0.15) is 19.7 Å². The van der Waals surface area contributed by atoms with Crippen LogP contribution in [-0.2, 0) is 6.54 Å². The minimum atomic E-state index is 0.105. The fourth-order valence-corrected chi connectivity index (χ4v) is 2.30. The van der Waals surface area contributed by atoms with Crippen LogP contribution in [0.15, 0.2) is 52.9 Å². The molecule has 0 amide bonds. The maximum absolute atomic E-state index is 5.88. The van der Waals surface area contributed by atoms with Gasteiger partial charge in [0.05, 0.1) is 18.3 Å². The Morgan fingerprint density at radius 1 is 1.08 bits per heavy atom. The number of nitrogens with zero attached hydrogens (tertiary/aromatic N) is 2. The third-order valence-corrected chi connectivity index (χ3v) is 3.49. The summed E-state index contributed by atoms with van der Waals surface area (Å²) in [7, 11) is 0. The van der Waals surface area contributed by atoms with Crippen LogP contribution in [0.5, 0.6) is 5.75 Å². The van der Waals surface area contributed by atoms with E-state index in [0.29, 0.717) is 23.3 Å². The van der Waals surface area contributed by atoms with Crippen LogP contribution in [0.25, 0.3) is 11.5 Å². The molecule has 0 radical (unpaired) electrons. The minimum absolute atomic E-state index is 0.105. The number of halogens is 1. The Morgan fingerprint density at radius 2 is 1.83 bits per heavy atom. The fraction of sp³-hybridized carbons (Fsp3) is 0.222. The normalized spacial score (nSPS) is 10.8. The maximum Gasteiger partial charge on any atom is 0.247 e. The van der Waals surface area contributed by atoms with E-state index in [2.05, 4.69) is 15.5 Å². The number of ether oxygens (including phenoxy) is 1. The van der Waals surface area contributed by atoms with Gasteiger partial charge >= 0.3 is 0 Å². The molecule has 0 saturated heterocycles. The molecule has 2 aromatic carbocycles. The Balaban J connectivity index is 1.69. The summed E-state index contributed by atoms with van der Waals surface area (Å²) in [4.78, 5) is 0. The predicted octanol–water partition coefficient (Wildman–Crippen LogP) is 4.79. The lowest BCUT2D eigenvalue weighted by atomic mass is 10.2. The molecule has 24 heavy (non-hydrogen) atoms. The second-order valence-electron chi connectivity index (χ2n) is 5.52. The second-order valence-corrected chi connectivity index (χ2v) is 5.96. The van der Waals surface area contributed by atoms with Crippen LogP contribution < -0.4 is 10.1 Å². The van der Waals surface area contributed by atoms with Crippen LogP contribution in [0.4, 0.5) is 5.69 Å². The van der Waals surface area contributed by atoms with Gasteiger partial charge in [-0.1, -0.05) is 23.7 Å². The van der Waals surface area contributed by atoms with Crippen molar-refractivity contribution >= 4 is 17.3 Å². The van der Waals surface area contributed by atoms with Crippen molar-refractivity contribution in [3.05, 3.63) is 59.4 Å². The zero-order chi connectivity index (χ0) is 16.9. The molecule has 1 aromatic heterocycles. The van der Waals surface area contributed by atoms with Gasteiger partial charge < -0.3 is 14.5 Å². The molecule has 1 N–H and O–H groups in total. The van der Waals surface area contributed by atoms with Gasteiger partial charge in [-0.05, 0) is 50.2 Å². The Hall–Kier alpha value is -2.53. The van der Waals surface area contributed by atoms with E-state index in [1.54, 1.807) is 12.1 Å². The molecule has 3 rings (SSSR count). The molecule has 6 heteroatoms. The molecule has 0 unspecified atom stereocenters. The number of para-hydroxylation sites is 2. The van der Waals surface area contributed by atoms with Crippen LogP contribution >= 0.6 is 11.6 Å². The Morgan fingerprint density at radius 3 is 2.58 bits per heavy atom. The summed E-state index contributed by atoms with van der Waals surface area (Å²) in [6.07, 6.45) is 0.105. The first-order chi connectivity index (χ1) is 11.6. The van der Waals surface area contributed by atoms with Crippen LogP contribution in [0, 0.1) is 0 Å². The first-order valence-corrected chi connectivity index (χ1v) is 8.07. The Bertz CT molecular complexity index is 800. The van der Waals surface area contributed by atoms with Gasteiger partial charge in [0.25, 0.3) is 0 Å². The van der Waals surface area contributed by atoms with Gasteiger partial charge in [0.2, 0.25) is 11.8 Å². The first kappa shape index (κ1) is 16.3. The lowest BCUT2D eigenvalue weighted by Crippen LogP contribution is -2.08. The molecule has 0 aliphatic heterocycles. The summed E-state index contributed by atoms with van der Waals surface area (Å²) in [5.74, 6) is 1.76. The standard InChI is InChI=1S/C18H18ClN3O2/c1-12(2)23-16-6-4-3-5-15(16)20-11-17-21-22-18(24-17)13-7-9-14(19)10-8-13/h3-10,12,20H,11H2,1-2H3. The van der Waals surface area contributed by atoms with E-state index in [0.717, 1.165) is 17.0 Å². The van der Waals surface area contributed by atoms with Gasteiger partial charge in [-0.3, -0.25) is 0 Å². The molecule has 0 saturated carbocycles. The number of hydrogen-bond donors (Lipinski definition) is 1. The van der Waals surface area contributed by atoms with E-state index in [-0.39, 0.29) is 6.10 Å². The quantitative estimate of drug-likeness (QED) is 0.697. The summed E-state index contributed by atoms with van der Waals surface area (Å²) in [5.41, 5.74) is 1.72. The molecule has 3 aromatic rings. The summed E-state index contributed by atoms with van der Waals surface area (Å²) >= 11 is 5.88. The molecule has 1 heterocycles. The van der Waals surface area contributed by atoms with E-state index in [1.807, 2.05) is 50.2 Å². The van der Waals surface area contributed by atoms with Gasteiger partial charge in [-0.15, -0.1) is 10.2 Å². The number of aromatic nitrogens is 2. The highest BCUT2D eigenvalue weighted by molar-refractivity contribution is 6.30. The number of rotatable bonds is 6. The summed E-state index contributed by atoms with van der Waals surface area (Å²) in [6.45, 7) is 4.40. The zero-order valence-electron chi connectivity index (χ0n) is 13.5. The molecule has 0 fully saturated rings. The Labute approximate surface area is 145 Å². The fourth-order valence-electron chi connectivity index (χ4n) is 2.17. The van der Waals surface area contributed by atoms with Gasteiger partial charge in [-0.2, -0.15) is 0 Å². The van der Waals surface area contributed by atoms with Crippen molar-refractivity contribution in [3.63, 3.8) is 0 Å². The van der Waals surface area contributed by atoms with Crippen molar-refractivity contribution in [2.45, 2.75) is 26.5 Å². The van der Waals surface area contributed by atoms with Gasteiger partial charge in [0.1, 0.15) is 5.75 Å². The topological polar surface area (TPSA) is 60.2 Å². The highest BCUT2D eigenvalue weighted by Crippen LogP contribution is 2.26. The molecule has 124 valence electrons. The van der Waals surface area contributed by atoms with Crippen LogP contribution in [-0.4, -0.2) is 16.3 Å². The highest BCUT2D eigenvalue weighted by atomic mass is 35.5. The van der Waals surface area contributed by atoms with Crippen molar-refractivity contribution in [3.8, 4) is 17.2 Å². The zero-order valence-corrected chi connectivity index (χ0v) is 14.2. The highest BCUT2D eigenvalue weighted by Gasteiger charge is 2.10. The van der Waals surface area contributed by atoms with E-state index < -0.39 is 0 Å². The van der Waals surface area contributed by atoms with Crippen molar-refractivity contribution in [1.82, 2.24) is 10.2 Å². The van der Waals surface area contributed by atoms with Crippen molar-refractivity contribution in [2.24, 2.45) is 0 Å². The average molecular weight is 344 g/mol. The van der Waals surface area contributed by atoms with E-state index in [1.165, 1.54) is 0 Å². The maximum atomic E-state index is 5.88. The molecule has 0 aliphatic rings. The monoisotopic (exact) mass is 343 g/mol. The molecule has 0 atom stereocenters. The SMILES string of the molecule is CC(C)Oc1ccccc1NCc1nnc(-c2ccc(Cl)cc2)o1. The van der Waals surface area contributed by atoms with Gasteiger partial charge in [0, 0.05) is 10.6 Å². The summed E-state index contributed by atoms with van der Waals surface area (Å²) < 4.78 is 11.5. The molecular weight excluding hydrogens is 326 g/mol. The van der Waals surface area contributed by atoms with Crippen molar-refractivity contribution in [2.75, 3.05) is 5.32 Å². The first-order valence-electron chi connectivity index (χ1n) is 7.69. The molecule has 0 spiro atoms. The number of anilines is 1. The summed E-state index contributed by atoms with van der Waals surface area (Å²) in [6, 6.07) is 15.0. The van der Waals surface area contributed by atoms with Gasteiger partial charge in [-0.25, -0.2) is 0 Å².